The molecule has 7 heteroatoms. The number of aliphatic hydroxyl groups excluding tert-OH is 1. The van der Waals surface area contributed by atoms with Crippen molar-refractivity contribution in [2.45, 2.75) is 44.4 Å². The Balaban J connectivity index is 1.71. The van der Waals surface area contributed by atoms with E-state index in [1.165, 1.54) is 6.92 Å². The Kier molecular flexibility index (Phi) is 6.34. The molecule has 2 fully saturated rings. The van der Waals surface area contributed by atoms with E-state index in [0.717, 1.165) is 25.0 Å². The third kappa shape index (κ3) is 4.78. The van der Waals surface area contributed by atoms with Gasteiger partial charge >= 0.3 is 0 Å². The summed E-state index contributed by atoms with van der Waals surface area (Å²) in [5.41, 5.74) is 5.56. The maximum atomic E-state index is 11.9. The summed E-state index contributed by atoms with van der Waals surface area (Å²) in [6.45, 7) is 3.45. The summed E-state index contributed by atoms with van der Waals surface area (Å²) in [7, 11) is 0. The molecular formula is C20H29N3O4. The minimum atomic E-state index is -0.656. The van der Waals surface area contributed by atoms with E-state index in [2.05, 4.69) is 4.90 Å². The Morgan fingerprint density at radius 2 is 1.89 bits per heavy atom. The lowest BCUT2D eigenvalue weighted by atomic mass is 9.88. The Morgan fingerprint density at radius 3 is 2.56 bits per heavy atom. The number of carbonyl (C=O) groups is 2. The summed E-state index contributed by atoms with van der Waals surface area (Å²) in [5, 5.41) is 11.0. The molecule has 27 heavy (non-hydrogen) atoms. The molecule has 0 radical (unpaired) electrons. The molecule has 1 saturated heterocycles. The molecule has 3 rings (SSSR count). The van der Waals surface area contributed by atoms with Crippen LogP contribution in [-0.2, 0) is 9.59 Å². The number of rotatable bonds is 4. The van der Waals surface area contributed by atoms with Crippen molar-refractivity contribution in [2.75, 3.05) is 26.2 Å². The number of hydrogen-bond acceptors (Lipinski definition) is 5. The van der Waals surface area contributed by atoms with Crippen molar-refractivity contribution in [1.82, 2.24) is 9.80 Å². The van der Waals surface area contributed by atoms with Crippen molar-refractivity contribution in [1.29, 1.82) is 0 Å². The number of nitrogens with two attached hydrogens (primary N) is 1. The van der Waals surface area contributed by atoms with Gasteiger partial charge in [-0.05, 0) is 31.4 Å². The Labute approximate surface area is 160 Å². The van der Waals surface area contributed by atoms with Crippen LogP contribution in [0.4, 0.5) is 0 Å². The van der Waals surface area contributed by atoms with Crippen molar-refractivity contribution in [3.63, 3.8) is 0 Å². The first-order chi connectivity index (χ1) is 13.0. The fourth-order valence-electron chi connectivity index (χ4n) is 4.12. The predicted molar refractivity (Wildman–Crippen MR) is 101 cm³/mol. The average Bonchev–Trinajstić information content (AvgIpc) is 2.88. The largest absolute Gasteiger partial charge is 0.488 e. The van der Waals surface area contributed by atoms with Crippen molar-refractivity contribution < 1.29 is 19.4 Å². The number of amides is 2. The van der Waals surface area contributed by atoms with Crippen LogP contribution >= 0.6 is 0 Å². The molecule has 3 N–H and O–H groups in total. The average molecular weight is 375 g/mol. The standard InChI is InChI=1S/C20H29N3O4/c1-14(24)22-10-11-23(13-15(12-22)20(21)26)17-8-5-9-18(19(17)25)27-16-6-3-2-4-7-16/h2-4,6-7,15,17-19,25H,5,8-13H2,1H3,(H2,21,26)/t15-,17+,18-,19-/m1/s1. The Hall–Kier alpha value is -2.12. The predicted octanol–water partition coefficient (Wildman–Crippen LogP) is 0.613. The van der Waals surface area contributed by atoms with E-state index < -0.39 is 17.9 Å². The molecule has 148 valence electrons. The number of nitrogens with zero attached hydrogens (tertiary/aromatic N) is 2. The lowest BCUT2D eigenvalue weighted by Gasteiger charge is -2.41. The van der Waals surface area contributed by atoms with E-state index >= 15 is 0 Å². The minimum absolute atomic E-state index is 0.0578. The molecule has 0 aromatic heterocycles. The topological polar surface area (TPSA) is 96.1 Å². The van der Waals surface area contributed by atoms with Gasteiger partial charge in [-0.2, -0.15) is 0 Å². The summed E-state index contributed by atoms with van der Waals surface area (Å²) in [6, 6.07) is 9.40. The number of ether oxygens (including phenoxy) is 1. The van der Waals surface area contributed by atoms with Gasteiger partial charge in [-0.1, -0.05) is 18.2 Å². The molecule has 1 heterocycles. The first-order valence-corrected chi connectivity index (χ1v) is 9.64. The van der Waals surface area contributed by atoms with Gasteiger partial charge < -0.3 is 20.5 Å². The van der Waals surface area contributed by atoms with E-state index in [0.29, 0.717) is 26.2 Å². The van der Waals surface area contributed by atoms with Crippen LogP contribution in [0.1, 0.15) is 26.2 Å². The van der Waals surface area contributed by atoms with Crippen LogP contribution < -0.4 is 10.5 Å². The summed E-state index contributed by atoms with van der Waals surface area (Å²) >= 11 is 0. The van der Waals surface area contributed by atoms with Crippen LogP contribution in [0.5, 0.6) is 5.75 Å². The summed E-state index contributed by atoms with van der Waals surface area (Å²) < 4.78 is 6.02. The second kappa shape index (κ2) is 8.71. The van der Waals surface area contributed by atoms with E-state index in [-0.39, 0.29) is 18.1 Å². The lowest BCUT2D eigenvalue weighted by Crippen LogP contribution is -2.54. The van der Waals surface area contributed by atoms with Gasteiger partial charge in [0.05, 0.1) is 5.92 Å². The third-order valence-electron chi connectivity index (χ3n) is 5.66. The molecule has 2 amide bonds. The second-order valence-electron chi connectivity index (χ2n) is 7.52. The van der Waals surface area contributed by atoms with Crippen LogP contribution in [-0.4, -0.2) is 71.1 Å². The summed E-state index contributed by atoms with van der Waals surface area (Å²) in [4.78, 5) is 27.5. The van der Waals surface area contributed by atoms with Gasteiger partial charge in [0.2, 0.25) is 11.8 Å². The van der Waals surface area contributed by atoms with Gasteiger partial charge in [-0.25, -0.2) is 0 Å². The third-order valence-corrected chi connectivity index (χ3v) is 5.66. The molecule has 1 saturated carbocycles. The van der Waals surface area contributed by atoms with Crippen molar-refractivity contribution >= 4 is 11.8 Å². The zero-order valence-corrected chi connectivity index (χ0v) is 15.8. The molecule has 0 spiro atoms. The highest BCUT2D eigenvalue weighted by Gasteiger charge is 2.39. The fraction of sp³-hybridized carbons (Fsp3) is 0.600. The van der Waals surface area contributed by atoms with Gasteiger partial charge in [0.25, 0.3) is 0 Å². The number of aliphatic hydroxyl groups is 1. The van der Waals surface area contributed by atoms with Gasteiger partial charge in [0.1, 0.15) is 18.0 Å². The number of hydrogen-bond donors (Lipinski definition) is 2. The van der Waals surface area contributed by atoms with Gasteiger partial charge in [0.15, 0.2) is 0 Å². The first-order valence-electron chi connectivity index (χ1n) is 9.64. The molecular weight excluding hydrogens is 346 g/mol. The van der Waals surface area contributed by atoms with Gasteiger partial charge in [-0.15, -0.1) is 0 Å². The van der Waals surface area contributed by atoms with Crippen molar-refractivity contribution in [2.24, 2.45) is 11.7 Å². The highest BCUT2D eigenvalue weighted by atomic mass is 16.5. The number of carbonyl (C=O) groups excluding carboxylic acids is 2. The first kappa shape index (κ1) is 19.6. The monoisotopic (exact) mass is 375 g/mol. The zero-order valence-electron chi connectivity index (χ0n) is 15.8. The highest BCUT2D eigenvalue weighted by molar-refractivity contribution is 5.79. The van der Waals surface area contributed by atoms with Crippen LogP contribution in [0.3, 0.4) is 0 Å². The second-order valence-corrected chi connectivity index (χ2v) is 7.52. The maximum Gasteiger partial charge on any atom is 0.223 e. The van der Waals surface area contributed by atoms with Crippen LogP contribution in [0.2, 0.25) is 0 Å². The maximum absolute atomic E-state index is 11.9. The molecule has 4 atom stereocenters. The molecule has 0 bridgehead atoms. The quantitative estimate of drug-likeness (QED) is 0.804. The summed E-state index contributed by atoms with van der Waals surface area (Å²) in [6.07, 6.45) is 1.62. The molecule has 1 aromatic rings. The van der Waals surface area contributed by atoms with Crippen LogP contribution in [0, 0.1) is 5.92 Å². The Morgan fingerprint density at radius 1 is 1.15 bits per heavy atom. The smallest absolute Gasteiger partial charge is 0.223 e. The molecule has 2 aliphatic rings. The number of benzene rings is 1. The van der Waals surface area contributed by atoms with Crippen LogP contribution in [0.25, 0.3) is 0 Å². The van der Waals surface area contributed by atoms with E-state index in [1.807, 2.05) is 30.3 Å². The molecule has 0 unspecified atom stereocenters. The van der Waals surface area contributed by atoms with Gasteiger partial charge in [-0.3, -0.25) is 14.5 Å². The van der Waals surface area contributed by atoms with Crippen molar-refractivity contribution in [3.05, 3.63) is 30.3 Å². The molecule has 7 nitrogen and oxygen atoms in total. The van der Waals surface area contributed by atoms with E-state index in [4.69, 9.17) is 10.5 Å². The van der Waals surface area contributed by atoms with Crippen LogP contribution in [0.15, 0.2) is 30.3 Å². The van der Waals surface area contributed by atoms with E-state index in [1.54, 1.807) is 4.90 Å². The number of para-hydroxylation sites is 1. The van der Waals surface area contributed by atoms with Gasteiger partial charge in [0, 0.05) is 39.1 Å². The fourth-order valence-corrected chi connectivity index (χ4v) is 4.12. The number of primary amides is 1. The normalized spacial score (nSPS) is 29.8. The Bertz CT molecular complexity index is 654. The van der Waals surface area contributed by atoms with E-state index in [9.17, 15) is 14.7 Å². The SMILES string of the molecule is CC(=O)N1CCN([C@H]2CCC[C@@H](Oc3ccccc3)[C@@H]2O)C[C@H](C(N)=O)C1. The lowest BCUT2D eigenvalue weighted by molar-refractivity contribution is -0.130. The minimum Gasteiger partial charge on any atom is -0.488 e. The van der Waals surface area contributed by atoms with Crippen molar-refractivity contribution in [3.8, 4) is 5.75 Å². The molecule has 1 aliphatic heterocycles. The molecule has 1 aromatic carbocycles. The highest BCUT2D eigenvalue weighted by Crippen LogP contribution is 2.28. The summed E-state index contributed by atoms with van der Waals surface area (Å²) in [5.74, 6) is -0.150. The zero-order chi connectivity index (χ0) is 19.4. The molecule has 1 aliphatic carbocycles.